The molecule has 1 aliphatic heterocycles. The van der Waals surface area contributed by atoms with Gasteiger partial charge in [-0.3, -0.25) is 4.79 Å². The summed E-state index contributed by atoms with van der Waals surface area (Å²) in [7, 11) is 0. The maximum absolute atomic E-state index is 13.3. The molecule has 2 heterocycles. The SMILES string of the molecule is CC(=O)NC1CCN(c2nc(OC(C)C(F)(F)F)nc(NCc3ccccc3C(F)(F)F)c2N)C1. The van der Waals surface area contributed by atoms with E-state index in [1.54, 1.807) is 4.90 Å². The standard InChI is InChI=1S/C21H24F6N6O2/c1-11(20(22,23)24)35-19-31-17(29-9-13-5-3-4-6-15(13)21(25,26)27)16(28)18(32-19)33-8-7-14(10-33)30-12(2)34/h3-6,11,14H,7-10,28H2,1-2H3,(H,30,34)(H,29,31,32). The van der Waals surface area contributed by atoms with E-state index >= 15 is 0 Å². The third kappa shape index (κ3) is 6.57. The highest BCUT2D eigenvalue weighted by molar-refractivity contribution is 5.77. The van der Waals surface area contributed by atoms with Crippen LogP contribution in [0.5, 0.6) is 6.01 Å². The quantitative estimate of drug-likeness (QED) is 0.492. The Morgan fingerprint density at radius 3 is 2.54 bits per heavy atom. The molecule has 0 aliphatic carbocycles. The highest BCUT2D eigenvalue weighted by Crippen LogP contribution is 2.35. The lowest BCUT2D eigenvalue weighted by atomic mass is 10.1. The Balaban J connectivity index is 1.92. The fourth-order valence-electron chi connectivity index (χ4n) is 3.58. The van der Waals surface area contributed by atoms with Crippen LogP contribution >= 0.6 is 0 Å². The van der Waals surface area contributed by atoms with Crippen LogP contribution in [0, 0.1) is 0 Å². The largest absolute Gasteiger partial charge is 0.451 e. The number of carbonyl (C=O) groups is 1. The molecule has 4 N–H and O–H groups in total. The molecule has 35 heavy (non-hydrogen) atoms. The topological polar surface area (TPSA) is 105 Å². The summed E-state index contributed by atoms with van der Waals surface area (Å²) >= 11 is 0. The van der Waals surface area contributed by atoms with Crippen molar-refractivity contribution in [1.29, 1.82) is 0 Å². The van der Waals surface area contributed by atoms with Crippen molar-refractivity contribution in [3.8, 4) is 6.01 Å². The number of anilines is 3. The number of hydrogen-bond acceptors (Lipinski definition) is 7. The summed E-state index contributed by atoms with van der Waals surface area (Å²) < 4.78 is 84.0. The Bertz CT molecular complexity index is 1060. The van der Waals surface area contributed by atoms with E-state index < -0.39 is 30.0 Å². The molecule has 0 saturated carbocycles. The maximum Gasteiger partial charge on any atom is 0.425 e. The second-order valence-corrected chi connectivity index (χ2v) is 8.03. The summed E-state index contributed by atoms with van der Waals surface area (Å²) in [5, 5.41) is 5.41. The fraction of sp³-hybridized carbons (Fsp3) is 0.476. The van der Waals surface area contributed by atoms with E-state index in [1.807, 2.05) is 0 Å². The third-order valence-electron chi connectivity index (χ3n) is 5.31. The summed E-state index contributed by atoms with van der Waals surface area (Å²) in [5.41, 5.74) is 5.10. The van der Waals surface area contributed by atoms with Gasteiger partial charge in [-0.2, -0.15) is 36.3 Å². The number of amides is 1. The highest BCUT2D eigenvalue weighted by atomic mass is 19.4. The van der Waals surface area contributed by atoms with E-state index in [9.17, 15) is 31.1 Å². The van der Waals surface area contributed by atoms with Crippen LogP contribution in [0.3, 0.4) is 0 Å². The molecule has 0 radical (unpaired) electrons. The van der Waals surface area contributed by atoms with E-state index in [0.29, 0.717) is 13.0 Å². The van der Waals surface area contributed by atoms with Crippen LogP contribution in [0.2, 0.25) is 0 Å². The van der Waals surface area contributed by atoms with Crippen LogP contribution in [-0.2, 0) is 17.5 Å². The van der Waals surface area contributed by atoms with E-state index in [2.05, 4.69) is 20.6 Å². The molecule has 1 amide bonds. The van der Waals surface area contributed by atoms with Crippen molar-refractivity contribution in [3.63, 3.8) is 0 Å². The number of ether oxygens (including phenoxy) is 1. The second-order valence-electron chi connectivity index (χ2n) is 8.03. The van der Waals surface area contributed by atoms with Crippen LogP contribution in [0.15, 0.2) is 24.3 Å². The smallest absolute Gasteiger partial charge is 0.425 e. The fourth-order valence-corrected chi connectivity index (χ4v) is 3.58. The Kier molecular flexibility index (Phi) is 7.50. The number of nitrogens with two attached hydrogens (primary N) is 1. The Morgan fingerprint density at radius 1 is 1.23 bits per heavy atom. The minimum Gasteiger partial charge on any atom is -0.451 e. The van der Waals surface area contributed by atoms with E-state index in [4.69, 9.17) is 10.5 Å². The van der Waals surface area contributed by atoms with Gasteiger partial charge in [0.15, 0.2) is 17.7 Å². The Labute approximate surface area is 196 Å². The van der Waals surface area contributed by atoms with Gasteiger partial charge in [0.25, 0.3) is 0 Å². The van der Waals surface area contributed by atoms with Gasteiger partial charge in [0.1, 0.15) is 5.69 Å². The molecule has 1 aromatic carbocycles. The minimum absolute atomic E-state index is 0.0452. The second kappa shape index (κ2) is 10.0. The summed E-state index contributed by atoms with van der Waals surface area (Å²) in [5.74, 6) is -0.385. The van der Waals surface area contributed by atoms with Gasteiger partial charge in [0, 0.05) is 32.6 Å². The third-order valence-corrected chi connectivity index (χ3v) is 5.31. The maximum atomic E-state index is 13.3. The number of nitrogens with one attached hydrogen (secondary N) is 2. The van der Waals surface area contributed by atoms with Gasteiger partial charge in [-0.05, 0) is 25.0 Å². The van der Waals surface area contributed by atoms with Crippen molar-refractivity contribution in [3.05, 3.63) is 35.4 Å². The first-order valence-electron chi connectivity index (χ1n) is 10.6. The first-order valence-corrected chi connectivity index (χ1v) is 10.6. The van der Waals surface area contributed by atoms with E-state index in [-0.39, 0.29) is 47.9 Å². The number of carbonyl (C=O) groups excluding carboxylic acids is 1. The zero-order valence-corrected chi connectivity index (χ0v) is 18.8. The average Bonchev–Trinajstić information content (AvgIpc) is 3.20. The number of hydrogen-bond donors (Lipinski definition) is 3. The Hall–Kier alpha value is -3.45. The molecule has 1 fully saturated rings. The zero-order valence-electron chi connectivity index (χ0n) is 18.8. The monoisotopic (exact) mass is 506 g/mol. The van der Waals surface area contributed by atoms with Gasteiger partial charge in [0.05, 0.1) is 5.56 Å². The van der Waals surface area contributed by atoms with Crippen molar-refractivity contribution in [2.45, 2.75) is 51.3 Å². The molecule has 2 unspecified atom stereocenters. The van der Waals surface area contributed by atoms with Crippen molar-refractivity contribution in [2.24, 2.45) is 0 Å². The summed E-state index contributed by atoms with van der Waals surface area (Å²) in [4.78, 5) is 20.9. The molecule has 192 valence electrons. The molecule has 14 heteroatoms. The molecule has 8 nitrogen and oxygen atoms in total. The number of benzene rings is 1. The average molecular weight is 506 g/mol. The number of halogens is 6. The van der Waals surface area contributed by atoms with Crippen LogP contribution in [-0.4, -0.2) is 47.3 Å². The number of rotatable bonds is 7. The lowest BCUT2D eigenvalue weighted by Crippen LogP contribution is -2.36. The van der Waals surface area contributed by atoms with Crippen molar-refractivity contribution < 1.29 is 35.9 Å². The number of aromatic nitrogens is 2. The number of nitrogen functional groups attached to an aromatic ring is 1. The molecule has 0 bridgehead atoms. The molecule has 0 spiro atoms. The van der Waals surface area contributed by atoms with E-state index in [0.717, 1.165) is 13.0 Å². The van der Waals surface area contributed by atoms with Crippen LogP contribution in [0.1, 0.15) is 31.4 Å². The zero-order chi connectivity index (χ0) is 26.0. The van der Waals surface area contributed by atoms with Gasteiger partial charge in [-0.25, -0.2) is 0 Å². The number of alkyl halides is 6. The first-order chi connectivity index (χ1) is 16.3. The first kappa shape index (κ1) is 26.2. The summed E-state index contributed by atoms with van der Waals surface area (Å²) in [6.45, 7) is 2.41. The Morgan fingerprint density at radius 2 is 1.91 bits per heavy atom. The van der Waals surface area contributed by atoms with Crippen LogP contribution < -0.4 is 26.0 Å². The van der Waals surface area contributed by atoms with Crippen LogP contribution in [0.25, 0.3) is 0 Å². The predicted molar refractivity (Wildman–Crippen MR) is 116 cm³/mol. The van der Waals surface area contributed by atoms with Gasteiger partial charge >= 0.3 is 18.4 Å². The molecular formula is C21H24F6N6O2. The highest BCUT2D eigenvalue weighted by Gasteiger charge is 2.39. The molecule has 1 saturated heterocycles. The van der Waals surface area contributed by atoms with E-state index in [1.165, 1.54) is 25.1 Å². The van der Waals surface area contributed by atoms with Crippen molar-refractivity contribution >= 4 is 23.2 Å². The van der Waals surface area contributed by atoms with Crippen molar-refractivity contribution in [2.75, 3.05) is 29.0 Å². The minimum atomic E-state index is -4.70. The van der Waals surface area contributed by atoms with Gasteiger partial charge < -0.3 is 26.0 Å². The predicted octanol–water partition coefficient (Wildman–Crippen LogP) is 3.73. The molecule has 1 aromatic heterocycles. The molecular weight excluding hydrogens is 482 g/mol. The normalized spacial score (nSPS) is 17.3. The van der Waals surface area contributed by atoms with Gasteiger partial charge in [-0.15, -0.1) is 0 Å². The molecule has 1 aliphatic rings. The molecule has 2 atom stereocenters. The molecule has 2 aromatic rings. The van der Waals surface area contributed by atoms with Gasteiger partial charge in [0.2, 0.25) is 5.91 Å². The summed E-state index contributed by atoms with van der Waals surface area (Å²) in [6, 6.07) is 3.96. The lowest BCUT2D eigenvalue weighted by Gasteiger charge is -2.23. The molecule has 3 rings (SSSR count). The lowest BCUT2D eigenvalue weighted by molar-refractivity contribution is -0.190. The van der Waals surface area contributed by atoms with Crippen molar-refractivity contribution in [1.82, 2.24) is 15.3 Å². The van der Waals surface area contributed by atoms with Crippen LogP contribution in [0.4, 0.5) is 43.7 Å². The summed E-state index contributed by atoms with van der Waals surface area (Å²) in [6.07, 6.45) is -11.0. The number of nitrogens with zero attached hydrogens (tertiary/aromatic N) is 3. The van der Waals surface area contributed by atoms with Gasteiger partial charge in [-0.1, -0.05) is 18.2 Å².